The molecule has 0 fully saturated rings. The number of hydrogen-bond acceptors (Lipinski definition) is 4. The van der Waals surface area contributed by atoms with Crippen LogP contribution in [0.3, 0.4) is 0 Å². The van der Waals surface area contributed by atoms with Crippen molar-refractivity contribution in [2.45, 2.75) is 5.60 Å². The fourth-order valence-electron chi connectivity index (χ4n) is 3.05. The molecule has 0 spiro atoms. The molecule has 6 nitrogen and oxygen atoms in total. The standard InChI is InChI=1S/C22H18N4O2/c27-21(26-23-15-20-24-18-13-7-8-14-19(18)25-20)22(28,16-9-3-1-4-10-16)17-11-5-2-6-12-17/h1-15,28H,(H,24,25)(H,26,27)/b23-15+. The number of rotatable bonds is 5. The van der Waals surface area contributed by atoms with Crippen LogP contribution in [0.1, 0.15) is 17.0 Å². The van der Waals surface area contributed by atoms with Gasteiger partial charge in [0.25, 0.3) is 5.91 Å². The predicted molar refractivity (Wildman–Crippen MR) is 108 cm³/mol. The maximum atomic E-state index is 12.9. The van der Waals surface area contributed by atoms with Gasteiger partial charge in [0.2, 0.25) is 0 Å². The molecule has 28 heavy (non-hydrogen) atoms. The average Bonchev–Trinajstić information content (AvgIpc) is 3.17. The number of hydrazone groups is 1. The van der Waals surface area contributed by atoms with Gasteiger partial charge in [0.15, 0.2) is 11.4 Å². The first kappa shape index (κ1) is 17.6. The first-order chi connectivity index (χ1) is 13.7. The molecule has 1 aromatic heterocycles. The number of aliphatic hydroxyl groups is 1. The summed E-state index contributed by atoms with van der Waals surface area (Å²) >= 11 is 0. The third-order valence-corrected chi connectivity index (χ3v) is 4.47. The SMILES string of the molecule is O=C(N/N=C/c1nc2ccccc2[nH]1)C(O)(c1ccccc1)c1ccccc1. The van der Waals surface area contributed by atoms with Gasteiger partial charge < -0.3 is 10.1 Å². The Labute approximate surface area is 161 Å². The zero-order valence-corrected chi connectivity index (χ0v) is 14.9. The molecule has 1 heterocycles. The summed E-state index contributed by atoms with van der Waals surface area (Å²) in [6, 6.07) is 25.1. The maximum absolute atomic E-state index is 12.9. The van der Waals surface area contributed by atoms with Gasteiger partial charge in [-0.3, -0.25) is 4.79 Å². The molecule has 3 aromatic carbocycles. The van der Waals surface area contributed by atoms with Crippen molar-refractivity contribution in [1.29, 1.82) is 0 Å². The molecule has 6 heteroatoms. The van der Waals surface area contributed by atoms with Crippen LogP contribution in [0.5, 0.6) is 0 Å². The second-order valence-corrected chi connectivity index (χ2v) is 6.28. The summed E-state index contributed by atoms with van der Waals surface area (Å²) in [6.07, 6.45) is 1.41. The number of aromatic amines is 1. The molecule has 1 amide bonds. The number of fused-ring (bicyclic) bond motifs is 1. The van der Waals surface area contributed by atoms with Gasteiger partial charge in [0, 0.05) is 0 Å². The minimum atomic E-state index is -1.87. The van der Waals surface area contributed by atoms with Gasteiger partial charge in [0.1, 0.15) is 0 Å². The molecule has 0 aliphatic carbocycles. The minimum Gasteiger partial charge on any atom is -0.372 e. The highest BCUT2D eigenvalue weighted by Gasteiger charge is 2.39. The molecule has 0 unspecified atom stereocenters. The third-order valence-electron chi connectivity index (χ3n) is 4.47. The maximum Gasteiger partial charge on any atom is 0.281 e. The molecule has 0 aliphatic rings. The summed E-state index contributed by atoms with van der Waals surface area (Å²) in [5, 5.41) is 15.3. The van der Waals surface area contributed by atoms with Gasteiger partial charge in [-0.15, -0.1) is 0 Å². The van der Waals surface area contributed by atoms with Gasteiger partial charge in [0.05, 0.1) is 17.2 Å². The lowest BCUT2D eigenvalue weighted by Gasteiger charge is -2.26. The van der Waals surface area contributed by atoms with Gasteiger partial charge in [-0.2, -0.15) is 5.10 Å². The van der Waals surface area contributed by atoms with Crippen molar-refractivity contribution in [2.75, 3.05) is 0 Å². The van der Waals surface area contributed by atoms with Crippen LogP contribution >= 0.6 is 0 Å². The molecule has 4 rings (SSSR count). The highest BCUT2D eigenvalue weighted by Crippen LogP contribution is 2.29. The van der Waals surface area contributed by atoms with E-state index in [1.165, 1.54) is 6.21 Å². The number of carbonyl (C=O) groups is 1. The van der Waals surface area contributed by atoms with Crippen molar-refractivity contribution in [2.24, 2.45) is 5.10 Å². The van der Waals surface area contributed by atoms with Crippen LogP contribution in [0.15, 0.2) is 90.0 Å². The van der Waals surface area contributed by atoms with E-state index in [-0.39, 0.29) is 0 Å². The summed E-state index contributed by atoms with van der Waals surface area (Å²) in [5.41, 5.74) is 3.16. The first-order valence-electron chi connectivity index (χ1n) is 8.79. The number of benzene rings is 3. The Bertz CT molecular complexity index is 1050. The average molecular weight is 370 g/mol. The number of para-hydroxylation sites is 2. The molecule has 4 aromatic rings. The van der Waals surface area contributed by atoms with Crippen LogP contribution in [0.25, 0.3) is 11.0 Å². The van der Waals surface area contributed by atoms with E-state index >= 15 is 0 Å². The Hall–Kier alpha value is -3.77. The highest BCUT2D eigenvalue weighted by atomic mass is 16.3. The summed E-state index contributed by atoms with van der Waals surface area (Å²) in [6.45, 7) is 0. The molecule has 0 saturated carbocycles. The molecule has 0 aliphatic heterocycles. The molecule has 138 valence electrons. The number of amides is 1. The molecule has 0 saturated heterocycles. The fourth-order valence-corrected chi connectivity index (χ4v) is 3.05. The predicted octanol–water partition coefficient (Wildman–Crippen LogP) is 2.95. The second-order valence-electron chi connectivity index (χ2n) is 6.28. The van der Waals surface area contributed by atoms with Crippen molar-refractivity contribution in [3.8, 4) is 0 Å². The number of H-pyrrole nitrogens is 1. The number of nitrogens with one attached hydrogen (secondary N) is 2. The quantitative estimate of drug-likeness (QED) is 0.373. The Kier molecular flexibility index (Phi) is 4.70. The summed E-state index contributed by atoms with van der Waals surface area (Å²) in [5.74, 6) is -0.151. The van der Waals surface area contributed by atoms with Crippen molar-refractivity contribution < 1.29 is 9.90 Å². The van der Waals surface area contributed by atoms with Crippen molar-refractivity contribution in [3.63, 3.8) is 0 Å². The van der Waals surface area contributed by atoms with Gasteiger partial charge in [-0.05, 0) is 23.3 Å². The summed E-state index contributed by atoms with van der Waals surface area (Å²) < 4.78 is 0. The van der Waals surface area contributed by atoms with Crippen LogP contribution in [0, 0.1) is 0 Å². The Morgan fingerprint density at radius 3 is 2.11 bits per heavy atom. The number of carbonyl (C=O) groups excluding carboxylic acids is 1. The number of nitrogens with zero attached hydrogens (tertiary/aromatic N) is 2. The van der Waals surface area contributed by atoms with Crippen molar-refractivity contribution in [3.05, 3.63) is 102 Å². The lowest BCUT2D eigenvalue weighted by molar-refractivity contribution is -0.136. The normalized spacial score (nSPS) is 11.8. The zero-order chi connectivity index (χ0) is 19.4. The Balaban J connectivity index is 1.61. The Morgan fingerprint density at radius 2 is 1.50 bits per heavy atom. The van der Waals surface area contributed by atoms with Gasteiger partial charge in [-0.1, -0.05) is 72.8 Å². The molecular weight excluding hydrogens is 352 g/mol. The second kappa shape index (κ2) is 7.46. The van der Waals surface area contributed by atoms with E-state index in [4.69, 9.17) is 0 Å². The monoisotopic (exact) mass is 370 g/mol. The van der Waals surface area contributed by atoms with E-state index in [1.54, 1.807) is 48.5 Å². The smallest absolute Gasteiger partial charge is 0.281 e. The van der Waals surface area contributed by atoms with Crippen LogP contribution < -0.4 is 5.43 Å². The lowest BCUT2D eigenvalue weighted by atomic mass is 9.85. The van der Waals surface area contributed by atoms with Crippen LogP contribution in [0.4, 0.5) is 0 Å². The molecule has 0 atom stereocenters. The largest absolute Gasteiger partial charge is 0.372 e. The molecular formula is C22H18N4O2. The van der Waals surface area contributed by atoms with E-state index in [1.807, 2.05) is 36.4 Å². The van der Waals surface area contributed by atoms with E-state index in [2.05, 4.69) is 20.5 Å². The fraction of sp³-hybridized carbons (Fsp3) is 0.0455. The summed E-state index contributed by atoms with van der Waals surface area (Å²) in [4.78, 5) is 20.4. The number of aromatic nitrogens is 2. The van der Waals surface area contributed by atoms with E-state index in [0.29, 0.717) is 17.0 Å². The van der Waals surface area contributed by atoms with E-state index < -0.39 is 11.5 Å². The van der Waals surface area contributed by atoms with Crippen LogP contribution in [-0.4, -0.2) is 27.2 Å². The Morgan fingerprint density at radius 1 is 0.929 bits per heavy atom. The van der Waals surface area contributed by atoms with E-state index in [0.717, 1.165) is 11.0 Å². The molecule has 0 radical (unpaired) electrons. The van der Waals surface area contributed by atoms with Crippen LogP contribution in [-0.2, 0) is 10.4 Å². The summed E-state index contributed by atoms with van der Waals surface area (Å²) in [7, 11) is 0. The zero-order valence-electron chi connectivity index (χ0n) is 14.9. The molecule has 3 N–H and O–H groups in total. The number of hydrogen-bond donors (Lipinski definition) is 3. The van der Waals surface area contributed by atoms with Crippen molar-refractivity contribution >= 4 is 23.2 Å². The lowest BCUT2D eigenvalue weighted by Crippen LogP contribution is -2.43. The third kappa shape index (κ3) is 3.28. The van der Waals surface area contributed by atoms with E-state index in [9.17, 15) is 9.90 Å². The topological polar surface area (TPSA) is 90.4 Å². The first-order valence-corrected chi connectivity index (χ1v) is 8.79. The number of imidazole rings is 1. The molecule has 0 bridgehead atoms. The highest BCUT2D eigenvalue weighted by molar-refractivity contribution is 5.91. The van der Waals surface area contributed by atoms with Crippen molar-refractivity contribution in [1.82, 2.24) is 15.4 Å². The van der Waals surface area contributed by atoms with Gasteiger partial charge >= 0.3 is 0 Å². The van der Waals surface area contributed by atoms with Crippen LogP contribution in [0.2, 0.25) is 0 Å². The van der Waals surface area contributed by atoms with Gasteiger partial charge in [-0.25, -0.2) is 10.4 Å². The minimum absolute atomic E-state index is 0.456.